The summed E-state index contributed by atoms with van der Waals surface area (Å²) in [6.45, 7) is 1.68. The first-order valence-corrected chi connectivity index (χ1v) is 9.41. The van der Waals surface area contributed by atoms with E-state index in [0.717, 1.165) is 25.0 Å². The number of benzene rings is 1. The molecule has 0 heterocycles. The molecule has 1 saturated carbocycles. The highest BCUT2D eigenvalue weighted by atomic mass is 16.7. The van der Waals surface area contributed by atoms with Crippen molar-refractivity contribution in [2.24, 2.45) is 28.8 Å². The topological polar surface area (TPSA) is 142 Å². The second kappa shape index (κ2) is 7.29. The number of non-ortho nitro benzene ring substituents is 1. The van der Waals surface area contributed by atoms with Gasteiger partial charge >= 0.3 is 5.97 Å². The van der Waals surface area contributed by atoms with Crippen molar-refractivity contribution in [2.45, 2.75) is 19.8 Å². The Labute approximate surface area is 170 Å². The van der Waals surface area contributed by atoms with Crippen molar-refractivity contribution in [3.05, 3.63) is 67.8 Å². The molecule has 154 valence electrons. The molecule has 4 aliphatic rings. The molecule has 4 atom stereocenters. The highest BCUT2D eigenvalue weighted by Crippen LogP contribution is 2.48. The molecule has 1 aromatic rings. The first-order chi connectivity index (χ1) is 14.3. The number of rotatable bonds is 4. The number of ketones is 1. The number of hydrogen-bond acceptors (Lipinski definition) is 8. The van der Waals surface area contributed by atoms with E-state index in [1.54, 1.807) is 13.0 Å². The number of oxime groups is 1. The molecule has 1 fully saturated rings. The predicted molar refractivity (Wildman–Crippen MR) is 104 cm³/mol. The van der Waals surface area contributed by atoms with E-state index < -0.39 is 32.8 Å². The fraction of sp³-hybridized carbons (Fsp3) is 0.350. The van der Waals surface area contributed by atoms with Crippen LogP contribution < -0.4 is 0 Å². The lowest BCUT2D eigenvalue weighted by atomic mass is 9.57. The van der Waals surface area contributed by atoms with Gasteiger partial charge in [-0.05, 0) is 49.3 Å². The van der Waals surface area contributed by atoms with Crippen molar-refractivity contribution in [3.8, 4) is 0 Å². The van der Waals surface area contributed by atoms with E-state index in [1.165, 1.54) is 0 Å². The zero-order valence-corrected chi connectivity index (χ0v) is 15.9. The summed E-state index contributed by atoms with van der Waals surface area (Å²) in [4.78, 5) is 50.5. The average Bonchev–Trinajstić information content (AvgIpc) is 2.74. The van der Waals surface area contributed by atoms with E-state index in [0.29, 0.717) is 17.4 Å². The van der Waals surface area contributed by atoms with Crippen LogP contribution in [-0.2, 0) is 9.63 Å². The number of carbonyl (C=O) groups is 2. The molecule has 0 radical (unpaired) electrons. The molecular formula is C20H17N3O7. The number of nitro groups is 2. The molecule has 0 saturated heterocycles. The Morgan fingerprint density at radius 3 is 2.37 bits per heavy atom. The molecule has 0 amide bonds. The van der Waals surface area contributed by atoms with Gasteiger partial charge in [-0.25, -0.2) is 4.79 Å². The van der Waals surface area contributed by atoms with Gasteiger partial charge in [-0.15, -0.1) is 0 Å². The van der Waals surface area contributed by atoms with Crippen LogP contribution in [0.15, 0.2) is 47.2 Å². The minimum Gasteiger partial charge on any atom is -0.312 e. The van der Waals surface area contributed by atoms with Gasteiger partial charge in [0, 0.05) is 17.9 Å². The molecular weight excluding hydrogens is 394 g/mol. The van der Waals surface area contributed by atoms with Crippen molar-refractivity contribution in [1.29, 1.82) is 0 Å². The number of nitro benzene ring substituents is 2. The van der Waals surface area contributed by atoms with Gasteiger partial charge in [0.05, 0.1) is 21.6 Å². The lowest BCUT2D eigenvalue weighted by Crippen LogP contribution is -2.47. The molecule has 5 rings (SSSR count). The third-order valence-electron chi connectivity index (χ3n) is 5.99. The van der Waals surface area contributed by atoms with Crippen LogP contribution in [0.4, 0.5) is 11.4 Å². The monoisotopic (exact) mass is 411 g/mol. The molecule has 0 aromatic heterocycles. The molecule has 10 heteroatoms. The average molecular weight is 411 g/mol. The van der Waals surface area contributed by atoms with E-state index in [2.05, 4.69) is 17.3 Å². The van der Waals surface area contributed by atoms with Crippen molar-refractivity contribution in [1.82, 2.24) is 0 Å². The van der Waals surface area contributed by atoms with Crippen LogP contribution in [0.5, 0.6) is 0 Å². The minimum atomic E-state index is -1.10. The number of allylic oxidation sites excluding steroid dienone is 4. The molecule has 4 aliphatic carbocycles. The van der Waals surface area contributed by atoms with E-state index >= 15 is 0 Å². The second-order valence-electron chi connectivity index (χ2n) is 7.64. The fourth-order valence-electron chi connectivity index (χ4n) is 4.59. The van der Waals surface area contributed by atoms with E-state index in [4.69, 9.17) is 4.84 Å². The molecule has 1 aromatic carbocycles. The van der Waals surface area contributed by atoms with Crippen molar-refractivity contribution < 1.29 is 24.3 Å². The van der Waals surface area contributed by atoms with Gasteiger partial charge < -0.3 is 4.84 Å². The number of fused-ring (bicyclic) bond motifs is 1. The lowest BCUT2D eigenvalue weighted by Gasteiger charge is -2.45. The summed E-state index contributed by atoms with van der Waals surface area (Å²) in [6.07, 6.45) is 7.55. The second-order valence-corrected chi connectivity index (χ2v) is 7.64. The summed E-state index contributed by atoms with van der Waals surface area (Å²) in [6, 6.07) is 2.66. The van der Waals surface area contributed by atoms with Gasteiger partial charge in [-0.2, -0.15) is 0 Å². The van der Waals surface area contributed by atoms with Crippen molar-refractivity contribution in [2.75, 3.05) is 0 Å². The van der Waals surface area contributed by atoms with Gasteiger partial charge in [0.15, 0.2) is 5.78 Å². The predicted octanol–water partition coefficient (Wildman–Crippen LogP) is 3.37. The largest absolute Gasteiger partial charge is 0.372 e. The summed E-state index contributed by atoms with van der Waals surface area (Å²) >= 11 is 0. The van der Waals surface area contributed by atoms with E-state index in [-0.39, 0.29) is 29.5 Å². The SMILES string of the molecule is CC1=C/C(=N\OC(=O)c2ccc([N+](=O)[O-])cc2[N+](=O)[O-])[C@H]2[C@@H](C1=O)[C@H]1C=C[C@H]2CC1. The number of carbonyl (C=O) groups excluding carboxylic acids is 2. The van der Waals surface area contributed by atoms with Crippen LogP contribution in [0, 0.1) is 43.9 Å². The maximum atomic E-state index is 12.7. The van der Waals surface area contributed by atoms with Gasteiger partial charge in [-0.3, -0.25) is 25.0 Å². The quantitative estimate of drug-likeness (QED) is 0.320. The van der Waals surface area contributed by atoms with Crippen LogP contribution >= 0.6 is 0 Å². The van der Waals surface area contributed by atoms with Crippen molar-refractivity contribution >= 4 is 28.8 Å². The fourth-order valence-corrected chi connectivity index (χ4v) is 4.59. The third kappa shape index (κ3) is 3.19. The Hall–Kier alpha value is -3.69. The minimum absolute atomic E-state index is 0.0651. The third-order valence-corrected chi connectivity index (χ3v) is 5.99. The molecule has 2 bridgehead atoms. The number of nitrogens with zero attached hydrogens (tertiary/aromatic N) is 3. The highest BCUT2D eigenvalue weighted by Gasteiger charge is 2.48. The summed E-state index contributed by atoms with van der Waals surface area (Å²) in [5.41, 5.74) is -0.717. The Bertz CT molecular complexity index is 1070. The van der Waals surface area contributed by atoms with Crippen LogP contribution in [-0.4, -0.2) is 27.3 Å². The Morgan fingerprint density at radius 2 is 1.77 bits per heavy atom. The summed E-state index contributed by atoms with van der Waals surface area (Å²) in [5, 5.41) is 26.0. The van der Waals surface area contributed by atoms with E-state index in [9.17, 15) is 29.8 Å². The molecule has 0 spiro atoms. The van der Waals surface area contributed by atoms with Crippen LogP contribution in [0.2, 0.25) is 0 Å². The Balaban J connectivity index is 1.64. The normalized spacial score (nSPS) is 28.1. The van der Waals surface area contributed by atoms with Gasteiger partial charge in [0.1, 0.15) is 5.56 Å². The lowest BCUT2D eigenvalue weighted by molar-refractivity contribution is -0.394. The van der Waals surface area contributed by atoms with Gasteiger partial charge in [0.2, 0.25) is 0 Å². The van der Waals surface area contributed by atoms with Gasteiger partial charge in [0.25, 0.3) is 11.4 Å². The van der Waals surface area contributed by atoms with Crippen molar-refractivity contribution in [3.63, 3.8) is 0 Å². The molecule has 0 N–H and O–H groups in total. The van der Waals surface area contributed by atoms with E-state index in [1.807, 2.05) is 0 Å². The summed E-state index contributed by atoms with van der Waals surface area (Å²) < 4.78 is 0. The number of Topliss-reactive ketones (excluding diaryl/α,β-unsaturated/α-hetero) is 1. The zero-order chi connectivity index (χ0) is 21.6. The summed E-state index contributed by atoms with van der Waals surface area (Å²) in [7, 11) is 0. The maximum Gasteiger partial charge on any atom is 0.372 e. The van der Waals surface area contributed by atoms with Crippen LogP contribution in [0.1, 0.15) is 30.1 Å². The maximum absolute atomic E-state index is 12.7. The first-order valence-electron chi connectivity index (χ1n) is 9.41. The molecule has 30 heavy (non-hydrogen) atoms. The standard InChI is InChI=1S/C20H17N3O7/c1-10-8-15(17-11-2-4-12(5-3-11)18(17)19(10)24)21-30-20(25)14-7-6-13(22(26)27)9-16(14)23(28)29/h2,4,6-9,11-12,17-18H,3,5H2,1H3/b21-15+/t11-,12-,17-,18-/m0/s1. The molecule has 10 nitrogen and oxygen atoms in total. The molecule has 0 aliphatic heterocycles. The Morgan fingerprint density at radius 1 is 1.10 bits per heavy atom. The zero-order valence-electron chi connectivity index (χ0n) is 15.9. The summed E-state index contributed by atoms with van der Waals surface area (Å²) in [5.74, 6) is -1.25. The highest BCUT2D eigenvalue weighted by molar-refractivity contribution is 6.13. The number of hydrogen-bond donors (Lipinski definition) is 0. The smallest absolute Gasteiger partial charge is 0.312 e. The first kappa shape index (κ1) is 19.6. The van der Waals surface area contributed by atoms with Gasteiger partial charge in [-0.1, -0.05) is 17.3 Å². The molecule has 0 unspecified atom stereocenters. The van der Waals surface area contributed by atoms with Crippen LogP contribution in [0.25, 0.3) is 0 Å². The Kier molecular flexibility index (Phi) is 4.76. The van der Waals surface area contributed by atoms with Crippen LogP contribution in [0.3, 0.4) is 0 Å².